The van der Waals surface area contributed by atoms with Gasteiger partial charge in [-0.25, -0.2) is 0 Å². The molecule has 0 aliphatic rings. The van der Waals surface area contributed by atoms with Crippen LogP contribution in [0.5, 0.6) is 0 Å². The highest BCUT2D eigenvalue weighted by molar-refractivity contribution is 5.85. The molecule has 0 saturated heterocycles. The number of hydrogen-bond acceptors (Lipinski definition) is 2. The van der Waals surface area contributed by atoms with Crippen molar-refractivity contribution in [2.45, 2.75) is 20.8 Å². The molecule has 0 fully saturated rings. The van der Waals surface area contributed by atoms with Crippen LogP contribution in [0.3, 0.4) is 0 Å². The van der Waals surface area contributed by atoms with Crippen LogP contribution < -0.4 is 5.73 Å². The molecular weight excluding hydrogens is 166 g/mol. The summed E-state index contributed by atoms with van der Waals surface area (Å²) >= 11 is 0. The summed E-state index contributed by atoms with van der Waals surface area (Å²) in [4.78, 5) is 10.6. The molecule has 1 unspecified atom stereocenters. The third-order valence-corrected chi connectivity index (χ3v) is 2.14. The Bertz CT molecular complexity index is 136. The zero-order valence-corrected chi connectivity index (χ0v) is 7.94. The summed E-state index contributed by atoms with van der Waals surface area (Å²) in [5.41, 5.74) is 4.63. The predicted molar refractivity (Wildman–Crippen MR) is 46.9 cm³/mol. The van der Waals surface area contributed by atoms with Crippen LogP contribution in [-0.2, 0) is 4.79 Å². The van der Waals surface area contributed by atoms with E-state index in [4.69, 9.17) is 10.8 Å². The number of hydrogen-bond donors (Lipinski definition) is 2. The van der Waals surface area contributed by atoms with E-state index in [0.717, 1.165) is 0 Å². The Morgan fingerprint density at radius 2 is 2.00 bits per heavy atom. The van der Waals surface area contributed by atoms with Crippen molar-refractivity contribution >= 4 is 18.4 Å². The first-order chi connectivity index (χ1) is 4.42. The number of carbonyl (C=O) groups is 1. The van der Waals surface area contributed by atoms with Crippen molar-refractivity contribution in [1.29, 1.82) is 0 Å². The van der Waals surface area contributed by atoms with E-state index in [2.05, 4.69) is 0 Å². The van der Waals surface area contributed by atoms with E-state index < -0.39 is 11.4 Å². The summed E-state index contributed by atoms with van der Waals surface area (Å²) < 4.78 is 0. The molecule has 0 aromatic carbocycles. The Labute approximate surface area is 73.4 Å². The van der Waals surface area contributed by atoms with Crippen LogP contribution in [0.25, 0.3) is 0 Å². The second-order valence-corrected chi connectivity index (χ2v) is 3.16. The molecule has 0 bridgehead atoms. The molecule has 0 aromatic rings. The van der Waals surface area contributed by atoms with Crippen LogP contribution >= 0.6 is 12.4 Å². The Kier molecular flexibility index (Phi) is 5.53. The second kappa shape index (κ2) is 4.57. The summed E-state index contributed by atoms with van der Waals surface area (Å²) in [6.07, 6.45) is 0. The minimum Gasteiger partial charge on any atom is -0.481 e. The predicted octanol–water partition coefficient (Wildman–Crippen LogP) is 1.11. The summed E-state index contributed by atoms with van der Waals surface area (Å²) in [6.45, 7) is 5.63. The van der Waals surface area contributed by atoms with E-state index >= 15 is 0 Å². The fraction of sp³-hybridized carbons (Fsp3) is 0.857. The van der Waals surface area contributed by atoms with Crippen molar-refractivity contribution in [2.75, 3.05) is 6.54 Å². The fourth-order valence-electron chi connectivity index (χ4n) is 0.505. The summed E-state index contributed by atoms with van der Waals surface area (Å²) in [6, 6.07) is 0. The van der Waals surface area contributed by atoms with Crippen LogP contribution in [-0.4, -0.2) is 17.6 Å². The SMILES string of the molecule is CC(CN)C(C)(C)C(=O)O.Cl. The number of nitrogens with two attached hydrogens (primary N) is 1. The average Bonchev–Trinajstić information content (AvgIpc) is 1.86. The van der Waals surface area contributed by atoms with Gasteiger partial charge < -0.3 is 10.8 Å². The lowest BCUT2D eigenvalue weighted by molar-refractivity contribution is -0.149. The third kappa shape index (κ3) is 3.08. The lowest BCUT2D eigenvalue weighted by atomic mass is 9.80. The van der Waals surface area contributed by atoms with Crippen molar-refractivity contribution in [3.05, 3.63) is 0 Å². The van der Waals surface area contributed by atoms with Gasteiger partial charge in [-0.3, -0.25) is 4.79 Å². The highest BCUT2D eigenvalue weighted by atomic mass is 35.5. The first-order valence-electron chi connectivity index (χ1n) is 3.36. The van der Waals surface area contributed by atoms with E-state index in [1.165, 1.54) is 0 Å². The Hall–Kier alpha value is -0.280. The fourth-order valence-corrected chi connectivity index (χ4v) is 0.505. The largest absolute Gasteiger partial charge is 0.481 e. The molecule has 0 amide bonds. The van der Waals surface area contributed by atoms with Gasteiger partial charge in [0.2, 0.25) is 0 Å². The zero-order valence-electron chi connectivity index (χ0n) is 7.13. The van der Waals surface area contributed by atoms with Crippen molar-refractivity contribution in [2.24, 2.45) is 17.1 Å². The second-order valence-electron chi connectivity index (χ2n) is 3.16. The van der Waals surface area contributed by atoms with Gasteiger partial charge in [-0.15, -0.1) is 12.4 Å². The molecule has 4 heteroatoms. The minimum absolute atomic E-state index is 0. The van der Waals surface area contributed by atoms with Crippen molar-refractivity contribution in [3.63, 3.8) is 0 Å². The molecule has 0 heterocycles. The standard InChI is InChI=1S/C7H15NO2.ClH/c1-5(4-8)7(2,3)6(9)10;/h5H,4,8H2,1-3H3,(H,9,10);1H. The molecule has 0 aliphatic carbocycles. The van der Waals surface area contributed by atoms with E-state index in [1.807, 2.05) is 6.92 Å². The van der Waals surface area contributed by atoms with Gasteiger partial charge in [0.15, 0.2) is 0 Å². The van der Waals surface area contributed by atoms with Gasteiger partial charge in [0, 0.05) is 0 Å². The lowest BCUT2D eigenvalue weighted by Gasteiger charge is -2.25. The Morgan fingerprint density at radius 1 is 1.64 bits per heavy atom. The van der Waals surface area contributed by atoms with E-state index in [1.54, 1.807) is 13.8 Å². The number of halogens is 1. The molecule has 0 spiro atoms. The smallest absolute Gasteiger partial charge is 0.309 e. The summed E-state index contributed by atoms with van der Waals surface area (Å²) in [7, 11) is 0. The average molecular weight is 182 g/mol. The van der Waals surface area contributed by atoms with Crippen LogP contribution in [0.1, 0.15) is 20.8 Å². The van der Waals surface area contributed by atoms with Crippen LogP contribution in [0.15, 0.2) is 0 Å². The van der Waals surface area contributed by atoms with Gasteiger partial charge in [-0.05, 0) is 26.3 Å². The minimum atomic E-state index is -0.787. The molecule has 0 aliphatic heterocycles. The van der Waals surface area contributed by atoms with E-state index in [9.17, 15) is 4.79 Å². The maximum absolute atomic E-state index is 10.6. The van der Waals surface area contributed by atoms with Crippen LogP contribution in [0.2, 0.25) is 0 Å². The maximum Gasteiger partial charge on any atom is 0.309 e. The highest BCUT2D eigenvalue weighted by Gasteiger charge is 2.32. The first-order valence-corrected chi connectivity index (χ1v) is 3.36. The van der Waals surface area contributed by atoms with Gasteiger partial charge in [0.25, 0.3) is 0 Å². The van der Waals surface area contributed by atoms with Crippen molar-refractivity contribution in [1.82, 2.24) is 0 Å². The molecular formula is C7H16ClNO2. The molecule has 0 saturated carbocycles. The van der Waals surface area contributed by atoms with Gasteiger partial charge in [0.1, 0.15) is 0 Å². The monoisotopic (exact) mass is 181 g/mol. The maximum atomic E-state index is 10.6. The third-order valence-electron chi connectivity index (χ3n) is 2.14. The van der Waals surface area contributed by atoms with E-state index in [-0.39, 0.29) is 18.3 Å². The zero-order chi connectivity index (χ0) is 8.36. The molecule has 3 nitrogen and oxygen atoms in total. The lowest BCUT2D eigenvalue weighted by Crippen LogP contribution is -2.35. The summed E-state index contributed by atoms with van der Waals surface area (Å²) in [5, 5.41) is 8.69. The van der Waals surface area contributed by atoms with Crippen molar-refractivity contribution < 1.29 is 9.90 Å². The topological polar surface area (TPSA) is 63.3 Å². The highest BCUT2D eigenvalue weighted by Crippen LogP contribution is 2.25. The van der Waals surface area contributed by atoms with Gasteiger partial charge in [0.05, 0.1) is 5.41 Å². The number of rotatable bonds is 3. The first kappa shape index (κ1) is 13.3. The van der Waals surface area contributed by atoms with Gasteiger partial charge in [-0.1, -0.05) is 6.92 Å². The number of carboxylic acid groups (broad SMARTS) is 1. The Balaban J connectivity index is 0. The van der Waals surface area contributed by atoms with E-state index in [0.29, 0.717) is 6.54 Å². The quantitative estimate of drug-likeness (QED) is 0.686. The molecule has 11 heavy (non-hydrogen) atoms. The van der Waals surface area contributed by atoms with Crippen LogP contribution in [0, 0.1) is 11.3 Å². The molecule has 0 rings (SSSR count). The molecule has 3 N–H and O–H groups in total. The number of carboxylic acids is 1. The molecule has 0 aromatic heterocycles. The van der Waals surface area contributed by atoms with Crippen LogP contribution in [0.4, 0.5) is 0 Å². The molecule has 1 atom stereocenters. The summed E-state index contributed by atoms with van der Waals surface area (Å²) in [5.74, 6) is -0.768. The molecule has 68 valence electrons. The van der Waals surface area contributed by atoms with Gasteiger partial charge >= 0.3 is 5.97 Å². The number of aliphatic carboxylic acids is 1. The Morgan fingerprint density at radius 3 is 2.09 bits per heavy atom. The normalized spacial score (nSPS) is 13.5. The van der Waals surface area contributed by atoms with Gasteiger partial charge in [-0.2, -0.15) is 0 Å². The molecule has 0 radical (unpaired) electrons. The van der Waals surface area contributed by atoms with Crippen molar-refractivity contribution in [3.8, 4) is 0 Å².